The van der Waals surface area contributed by atoms with Gasteiger partial charge >= 0.3 is 4.87 Å². The highest BCUT2D eigenvalue weighted by molar-refractivity contribution is 8.00. The van der Waals surface area contributed by atoms with Gasteiger partial charge in [-0.3, -0.25) is 28.6 Å². The van der Waals surface area contributed by atoms with E-state index >= 15 is 0 Å². The van der Waals surface area contributed by atoms with Gasteiger partial charge in [0.05, 0.1) is 22.5 Å². The lowest BCUT2D eigenvalue weighted by Gasteiger charge is -2.43. The Hall–Kier alpha value is -3.95. The second-order valence-electron chi connectivity index (χ2n) is 14.0. The summed E-state index contributed by atoms with van der Waals surface area (Å²) in [5.74, 6) is -1.12. The first kappa shape index (κ1) is 29.5. The molecular weight excluding hydrogens is 615 g/mol. The van der Waals surface area contributed by atoms with Crippen LogP contribution < -0.4 is 15.1 Å². The molecule has 2 bridgehead atoms. The molecule has 3 aromatic carbocycles. The molecule has 46 heavy (non-hydrogen) atoms. The van der Waals surface area contributed by atoms with E-state index in [1.807, 2.05) is 60.7 Å². The van der Waals surface area contributed by atoms with Crippen molar-refractivity contribution in [1.82, 2.24) is 4.57 Å². The SMILES string of the molecule is CC(C)(C)c1ccc(C2c3sc(=O)n(CC(=O)Nc4ccccc4)c3SC3C4CC(C5C(=O)N(c6ccccc6)C(=O)C45)C23)cc1. The number of imide groups is 1. The summed E-state index contributed by atoms with van der Waals surface area (Å²) in [6, 6.07) is 27.2. The molecule has 3 amide bonds. The summed E-state index contributed by atoms with van der Waals surface area (Å²) in [6.45, 7) is 6.49. The molecule has 0 spiro atoms. The topological polar surface area (TPSA) is 88.5 Å². The van der Waals surface area contributed by atoms with Crippen LogP contribution in [0.4, 0.5) is 11.4 Å². The van der Waals surface area contributed by atoms with Crippen LogP contribution in [0, 0.1) is 29.6 Å². The maximum absolute atomic E-state index is 14.0. The van der Waals surface area contributed by atoms with E-state index in [-0.39, 0.29) is 75.3 Å². The Kier molecular flexibility index (Phi) is 6.92. The number of anilines is 2. The Balaban J connectivity index is 1.20. The lowest BCUT2D eigenvalue weighted by molar-refractivity contribution is -0.123. The molecule has 4 aliphatic rings. The highest BCUT2D eigenvalue weighted by Gasteiger charge is 2.69. The van der Waals surface area contributed by atoms with Crippen LogP contribution >= 0.6 is 23.1 Å². The molecule has 4 aromatic rings. The Morgan fingerprint density at radius 2 is 1.48 bits per heavy atom. The molecule has 3 fully saturated rings. The number of amides is 3. The van der Waals surface area contributed by atoms with Crippen LogP contribution in [0.3, 0.4) is 0 Å². The molecule has 9 heteroatoms. The second kappa shape index (κ2) is 10.8. The summed E-state index contributed by atoms with van der Waals surface area (Å²) in [6.07, 6.45) is 0.821. The van der Waals surface area contributed by atoms with Gasteiger partial charge in [0.25, 0.3) is 0 Å². The first-order chi connectivity index (χ1) is 22.1. The Bertz CT molecular complexity index is 1910. The van der Waals surface area contributed by atoms with Crippen LogP contribution in [0.15, 0.2) is 94.7 Å². The van der Waals surface area contributed by atoms with Gasteiger partial charge < -0.3 is 5.32 Å². The number of hydrogen-bond acceptors (Lipinski definition) is 6. The van der Waals surface area contributed by atoms with Gasteiger partial charge in [0.15, 0.2) is 0 Å². The number of benzene rings is 3. The normalized spacial score (nSPS) is 27.8. The van der Waals surface area contributed by atoms with Gasteiger partial charge in [0.2, 0.25) is 17.7 Å². The minimum atomic E-state index is -0.364. The number of aromatic nitrogens is 1. The fourth-order valence-corrected chi connectivity index (χ4v) is 11.7. The predicted octanol–water partition coefficient (Wildman–Crippen LogP) is 6.52. The number of nitrogens with one attached hydrogen (secondary N) is 1. The van der Waals surface area contributed by atoms with Crippen molar-refractivity contribution in [1.29, 1.82) is 0 Å². The fourth-order valence-electron chi connectivity index (χ4n) is 8.52. The lowest BCUT2D eigenvalue weighted by Crippen LogP contribution is -2.43. The Labute approximate surface area is 276 Å². The fraction of sp³-hybridized carbons (Fsp3) is 0.351. The van der Waals surface area contributed by atoms with Crippen molar-refractivity contribution in [3.05, 3.63) is 111 Å². The van der Waals surface area contributed by atoms with Crippen molar-refractivity contribution >= 4 is 52.2 Å². The number of thioether (sulfide) groups is 1. The van der Waals surface area contributed by atoms with E-state index in [0.717, 1.165) is 21.9 Å². The smallest absolute Gasteiger partial charge is 0.308 e. The lowest BCUT2D eigenvalue weighted by atomic mass is 9.68. The number of thiazole rings is 1. The molecule has 8 rings (SSSR count). The summed E-state index contributed by atoms with van der Waals surface area (Å²) >= 11 is 2.88. The highest BCUT2D eigenvalue weighted by Crippen LogP contribution is 2.69. The Morgan fingerprint density at radius 3 is 2.13 bits per heavy atom. The first-order valence-corrected chi connectivity index (χ1v) is 17.6. The molecule has 1 saturated heterocycles. The van der Waals surface area contributed by atoms with Gasteiger partial charge in [-0.2, -0.15) is 0 Å². The summed E-state index contributed by atoms with van der Waals surface area (Å²) in [5, 5.41) is 3.80. The van der Waals surface area contributed by atoms with E-state index < -0.39 is 0 Å². The number of nitrogens with zero attached hydrogens (tertiary/aromatic N) is 2. The van der Waals surface area contributed by atoms with E-state index in [1.54, 1.807) is 16.3 Å². The quantitative estimate of drug-likeness (QED) is 0.249. The minimum Gasteiger partial charge on any atom is -0.325 e. The predicted molar refractivity (Wildman–Crippen MR) is 181 cm³/mol. The van der Waals surface area contributed by atoms with E-state index in [2.05, 4.69) is 50.4 Å². The number of fused-ring (bicyclic) bond motifs is 9. The zero-order chi connectivity index (χ0) is 31.9. The molecule has 3 heterocycles. The first-order valence-electron chi connectivity index (χ1n) is 15.9. The third-order valence-corrected chi connectivity index (χ3v) is 13.2. The van der Waals surface area contributed by atoms with E-state index in [4.69, 9.17) is 0 Å². The number of carbonyl (C=O) groups is 3. The molecule has 1 aromatic heterocycles. The molecule has 0 radical (unpaired) electrons. The van der Waals surface area contributed by atoms with Gasteiger partial charge in [-0.15, -0.1) is 11.8 Å². The summed E-state index contributed by atoms with van der Waals surface area (Å²) in [5.41, 5.74) is 3.65. The average molecular weight is 650 g/mol. The molecule has 2 saturated carbocycles. The zero-order valence-corrected chi connectivity index (χ0v) is 27.5. The molecular formula is C37H35N3O4S2. The number of hydrogen-bond donors (Lipinski definition) is 1. The third-order valence-electron chi connectivity index (χ3n) is 10.5. The van der Waals surface area contributed by atoms with Crippen LogP contribution in [-0.4, -0.2) is 27.5 Å². The van der Waals surface area contributed by atoms with Crippen molar-refractivity contribution in [3.8, 4) is 0 Å². The van der Waals surface area contributed by atoms with Crippen LogP contribution in [-0.2, 0) is 26.3 Å². The molecule has 234 valence electrons. The van der Waals surface area contributed by atoms with Crippen molar-refractivity contribution in [2.45, 2.75) is 55.3 Å². The van der Waals surface area contributed by atoms with E-state index in [1.165, 1.54) is 21.8 Å². The number of carbonyl (C=O) groups excluding carboxylic acids is 3. The van der Waals surface area contributed by atoms with Gasteiger partial charge in [0.1, 0.15) is 6.54 Å². The molecule has 7 unspecified atom stereocenters. The van der Waals surface area contributed by atoms with Crippen molar-refractivity contribution < 1.29 is 14.4 Å². The monoisotopic (exact) mass is 649 g/mol. The number of rotatable bonds is 5. The van der Waals surface area contributed by atoms with Crippen LogP contribution in [0.1, 0.15) is 49.1 Å². The molecule has 2 aliphatic heterocycles. The third kappa shape index (κ3) is 4.53. The largest absolute Gasteiger partial charge is 0.325 e. The summed E-state index contributed by atoms with van der Waals surface area (Å²) in [4.78, 5) is 57.1. The van der Waals surface area contributed by atoms with Gasteiger partial charge in [0, 0.05) is 21.7 Å². The van der Waals surface area contributed by atoms with Gasteiger partial charge in [-0.1, -0.05) is 92.8 Å². The molecule has 1 N–H and O–H groups in total. The summed E-state index contributed by atoms with van der Waals surface area (Å²) in [7, 11) is 0. The van der Waals surface area contributed by atoms with Crippen molar-refractivity contribution in [3.63, 3.8) is 0 Å². The maximum Gasteiger partial charge on any atom is 0.308 e. The molecule has 7 atom stereocenters. The van der Waals surface area contributed by atoms with Gasteiger partial charge in [-0.05, 0) is 65.0 Å². The highest BCUT2D eigenvalue weighted by atomic mass is 32.2. The average Bonchev–Trinajstić information content (AvgIpc) is 3.76. The maximum atomic E-state index is 14.0. The van der Waals surface area contributed by atoms with Gasteiger partial charge in [-0.25, -0.2) is 0 Å². The Morgan fingerprint density at radius 1 is 0.848 bits per heavy atom. The molecule has 2 aliphatic carbocycles. The second-order valence-corrected chi connectivity index (χ2v) is 16.2. The van der Waals surface area contributed by atoms with Crippen LogP contribution in [0.5, 0.6) is 0 Å². The van der Waals surface area contributed by atoms with Crippen LogP contribution in [0.25, 0.3) is 0 Å². The number of para-hydroxylation sites is 2. The van der Waals surface area contributed by atoms with Crippen LogP contribution in [0.2, 0.25) is 0 Å². The zero-order valence-electron chi connectivity index (χ0n) is 25.9. The van der Waals surface area contributed by atoms with E-state index in [9.17, 15) is 19.2 Å². The standard InChI is InChI=1S/C37H35N3O4S2/c1-37(2,3)21-16-14-20(15-17-21)27-28-24-18-25(30-29(24)33(42)40(34(30)43)23-12-8-5-9-13-23)31(28)45-35-32(27)46-36(44)39(35)19-26(41)38-22-10-6-4-7-11-22/h4-17,24-25,27-31H,18-19H2,1-3H3,(H,38,41). The summed E-state index contributed by atoms with van der Waals surface area (Å²) < 4.78 is 1.62. The van der Waals surface area contributed by atoms with E-state index in [0.29, 0.717) is 11.4 Å². The van der Waals surface area contributed by atoms with Crippen molar-refractivity contribution in [2.24, 2.45) is 29.6 Å². The molecule has 7 nitrogen and oxygen atoms in total. The van der Waals surface area contributed by atoms with Crippen molar-refractivity contribution in [2.75, 3.05) is 10.2 Å². The minimum absolute atomic E-state index is 0.00787.